The van der Waals surface area contributed by atoms with Crippen LogP contribution in [0.2, 0.25) is 0 Å². The zero-order valence-electron chi connectivity index (χ0n) is 11.3. The van der Waals surface area contributed by atoms with Gasteiger partial charge in [-0.15, -0.1) is 0 Å². The number of methoxy groups -OCH3 is 1. The fourth-order valence-corrected chi connectivity index (χ4v) is 1.57. The molecule has 0 aromatic heterocycles. The largest absolute Gasteiger partial charge is 0.481 e. The number of hydrogen-bond acceptors (Lipinski definition) is 4. The van der Waals surface area contributed by atoms with E-state index in [1.165, 1.54) is 7.11 Å². The molecule has 0 saturated heterocycles. The second-order valence-electron chi connectivity index (χ2n) is 4.80. The normalized spacial score (nSPS) is 14.3. The van der Waals surface area contributed by atoms with Crippen molar-refractivity contribution in [3.63, 3.8) is 0 Å². The van der Waals surface area contributed by atoms with E-state index in [0.29, 0.717) is 19.4 Å². The minimum atomic E-state index is -0.894. The number of carboxylic acids is 1. The van der Waals surface area contributed by atoms with E-state index in [2.05, 4.69) is 5.32 Å². The molecule has 0 spiro atoms. The average molecular weight is 260 g/mol. The fourth-order valence-electron chi connectivity index (χ4n) is 1.57. The third-order valence-corrected chi connectivity index (χ3v) is 2.60. The molecule has 0 radical (unpaired) electrons. The fraction of sp³-hybridized carbons (Fsp3) is 0.833. The molecule has 2 atom stereocenters. The number of nitrogens with two attached hydrogens (primary N) is 1. The van der Waals surface area contributed by atoms with Crippen LogP contribution >= 0.6 is 0 Å². The Morgan fingerprint density at radius 2 is 2.00 bits per heavy atom. The molecule has 0 saturated carbocycles. The Morgan fingerprint density at radius 3 is 2.44 bits per heavy atom. The first-order valence-corrected chi connectivity index (χ1v) is 6.13. The predicted molar refractivity (Wildman–Crippen MR) is 68.1 cm³/mol. The van der Waals surface area contributed by atoms with Crippen LogP contribution in [-0.2, 0) is 14.3 Å². The molecule has 6 heteroatoms. The highest BCUT2D eigenvalue weighted by Gasteiger charge is 2.21. The lowest BCUT2D eigenvalue weighted by atomic mass is 9.97. The molecule has 0 rings (SSSR count). The predicted octanol–water partition coefficient (Wildman–Crippen LogP) is 0.213. The molecule has 2 unspecified atom stereocenters. The Labute approximate surface area is 108 Å². The zero-order chi connectivity index (χ0) is 14.1. The number of carbonyl (C=O) groups excluding carboxylic acids is 1. The summed E-state index contributed by atoms with van der Waals surface area (Å²) in [6.07, 6.45) is 0.952. The number of aliphatic carboxylic acids is 1. The second kappa shape index (κ2) is 8.88. The highest BCUT2D eigenvalue weighted by molar-refractivity contribution is 5.82. The maximum absolute atomic E-state index is 11.6. The van der Waals surface area contributed by atoms with Crippen LogP contribution in [0.15, 0.2) is 0 Å². The van der Waals surface area contributed by atoms with Gasteiger partial charge < -0.3 is 20.9 Å². The van der Waals surface area contributed by atoms with E-state index in [-0.39, 0.29) is 18.4 Å². The van der Waals surface area contributed by atoms with Crippen LogP contribution in [-0.4, -0.2) is 43.3 Å². The quantitative estimate of drug-likeness (QED) is 0.550. The lowest BCUT2D eigenvalue weighted by Crippen LogP contribution is -2.44. The first-order valence-electron chi connectivity index (χ1n) is 6.13. The van der Waals surface area contributed by atoms with E-state index < -0.39 is 17.9 Å². The van der Waals surface area contributed by atoms with E-state index in [0.717, 1.165) is 0 Å². The topological polar surface area (TPSA) is 102 Å². The minimum absolute atomic E-state index is 0.118. The van der Waals surface area contributed by atoms with Gasteiger partial charge in [-0.25, -0.2) is 0 Å². The molecule has 1 amide bonds. The van der Waals surface area contributed by atoms with Crippen molar-refractivity contribution in [3.8, 4) is 0 Å². The molecule has 0 aliphatic heterocycles. The number of hydrogen-bond donors (Lipinski definition) is 3. The molecule has 0 bridgehead atoms. The van der Waals surface area contributed by atoms with Gasteiger partial charge in [-0.2, -0.15) is 0 Å². The summed E-state index contributed by atoms with van der Waals surface area (Å²) >= 11 is 0. The van der Waals surface area contributed by atoms with Gasteiger partial charge in [0.2, 0.25) is 5.91 Å². The third kappa shape index (κ3) is 7.24. The molecule has 0 aromatic carbocycles. The van der Waals surface area contributed by atoms with Crippen LogP contribution in [0.25, 0.3) is 0 Å². The van der Waals surface area contributed by atoms with Gasteiger partial charge in [-0.1, -0.05) is 13.8 Å². The monoisotopic (exact) mass is 260 g/mol. The van der Waals surface area contributed by atoms with Crippen molar-refractivity contribution in [2.75, 3.05) is 20.3 Å². The summed E-state index contributed by atoms with van der Waals surface area (Å²) in [5.74, 6) is -1.52. The summed E-state index contributed by atoms with van der Waals surface area (Å²) in [4.78, 5) is 22.6. The molecule has 0 aliphatic rings. The van der Waals surface area contributed by atoms with Crippen LogP contribution < -0.4 is 11.1 Å². The SMILES string of the molecule is COCCC(N)C(=O)NCC(CC(C)C)C(=O)O. The van der Waals surface area contributed by atoms with Gasteiger partial charge in [-0.05, 0) is 18.8 Å². The Morgan fingerprint density at radius 1 is 1.39 bits per heavy atom. The number of carbonyl (C=O) groups is 2. The van der Waals surface area contributed by atoms with Crippen LogP contribution in [0, 0.1) is 11.8 Å². The molecular formula is C12H24N2O4. The highest BCUT2D eigenvalue weighted by Crippen LogP contribution is 2.11. The molecule has 4 N–H and O–H groups in total. The maximum Gasteiger partial charge on any atom is 0.308 e. The van der Waals surface area contributed by atoms with Crippen molar-refractivity contribution in [1.82, 2.24) is 5.32 Å². The Kier molecular flexibility index (Phi) is 8.32. The molecular weight excluding hydrogens is 236 g/mol. The lowest BCUT2D eigenvalue weighted by Gasteiger charge is -2.17. The number of carboxylic acid groups (broad SMARTS) is 1. The van der Waals surface area contributed by atoms with Crippen molar-refractivity contribution in [2.24, 2.45) is 17.6 Å². The molecule has 0 fully saturated rings. The standard InChI is InChI=1S/C12H24N2O4/c1-8(2)6-9(12(16)17)7-14-11(15)10(13)4-5-18-3/h8-10H,4-7,13H2,1-3H3,(H,14,15)(H,16,17). The van der Waals surface area contributed by atoms with Crippen molar-refractivity contribution in [2.45, 2.75) is 32.7 Å². The third-order valence-electron chi connectivity index (χ3n) is 2.60. The van der Waals surface area contributed by atoms with Gasteiger partial charge in [0, 0.05) is 20.3 Å². The van der Waals surface area contributed by atoms with Gasteiger partial charge in [0.15, 0.2) is 0 Å². The Hall–Kier alpha value is -1.14. The van der Waals surface area contributed by atoms with Crippen molar-refractivity contribution in [3.05, 3.63) is 0 Å². The molecule has 18 heavy (non-hydrogen) atoms. The summed E-state index contributed by atoms with van der Waals surface area (Å²) in [5.41, 5.74) is 5.63. The van der Waals surface area contributed by atoms with Crippen LogP contribution in [0.5, 0.6) is 0 Å². The lowest BCUT2D eigenvalue weighted by molar-refractivity contribution is -0.142. The molecule has 0 heterocycles. The Balaban J connectivity index is 4.10. The number of nitrogens with one attached hydrogen (secondary N) is 1. The van der Waals surface area contributed by atoms with Gasteiger partial charge in [-0.3, -0.25) is 9.59 Å². The van der Waals surface area contributed by atoms with Gasteiger partial charge in [0.1, 0.15) is 0 Å². The van der Waals surface area contributed by atoms with Crippen LogP contribution in [0.4, 0.5) is 0 Å². The maximum atomic E-state index is 11.6. The summed E-state index contributed by atoms with van der Waals surface area (Å²) in [5, 5.41) is 11.6. The second-order valence-corrected chi connectivity index (χ2v) is 4.80. The number of ether oxygens (including phenoxy) is 1. The summed E-state index contributed by atoms with van der Waals surface area (Å²) in [6, 6.07) is -0.654. The smallest absolute Gasteiger partial charge is 0.308 e. The van der Waals surface area contributed by atoms with Crippen LogP contribution in [0.1, 0.15) is 26.7 Å². The van der Waals surface area contributed by atoms with Gasteiger partial charge in [0.05, 0.1) is 12.0 Å². The van der Waals surface area contributed by atoms with Gasteiger partial charge >= 0.3 is 5.97 Å². The Bertz CT molecular complexity index is 269. The van der Waals surface area contributed by atoms with E-state index >= 15 is 0 Å². The average Bonchev–Trinajstić information content (AvgIpc) is 2.30. The molecule has 0 aromatic rings. The van der Waals surface area contributed by atoms with Crippen molar-refractivity contribution < 1.29 is 19.4 Å². The minimum Gasteiger partial charge on any atom is -0.481 e. The first-order chi connectivity index (χ1) is 8.38. The molecule has 0 aliphatic carbocycles. The zero-order valence-corrected chi connectivity index (χ0v) is 11.3. The van der Waals surface area contributed by atoms with Crippen molar-refractivity contribution in [1.29, 1.82) is 0 Å². The first kappa shape index (κ1) is 16.9. The highest BCUT2D eigenvalue weighted by atomic mass is 16.5. The number of amides is 1. The van der Waals surface area contributed by atoms with Crippen molar-refractivity contribution >= 4 is 11.9 Å². The number of rotatable bonds is 9. The summed E-state index contributed by atoms with van der Waals surface area (Å²) in [6.45, 7) is 4.42. The summed E-state index contributed by atoms with van der Waals surface area (Å²) in [7, 11) is 1.54. The van der Waals surface area contributed by atoms with E-state index in [1.54, 1.807) is 0 Å². The van der Waals surface area contributed by atoms with E-state index in [4.69, 9.17) is 15.6 Å². The molecule has 6 nitrogen and oxygen atoms in total. The molecule has 106 valence electrons. The van der Waals surface area contributed by atoms with Crippen LogP contribution in [0.3, 0.4) is 0 Å². The van der Waals surface area contributed by atoms with E-state index in [1.807, 2.05) is 13.8 Å². The summed E-state index contributed by atoms with van der Waals surface area (Å²) < 4.78 is 4.82. The van der Waals surface area contributed by atoms with Gasteiger partial charge in [0.25, 0.3) is 0 Å². The van der Waals surface area contributed by atoms with E-state index in [9.17, 15) is 9.59 Å².